The summed E-state index contributed by atoms with van der Waals surface area (Å²) >= 11 is 1.99. The number of thioether (sulfide) groups is 1. The van der Waals surface area contributed by atoms with E-state index in [1.165, 1.54) is 24.0 Å². The summed E-state index contributed by atoms with van der Waals surface area (Å²) in [7, 11) is 1.76. The van der Waals surface area contributed by atoms with Gasteiger partial charge in [-0.05, 0) is 43.9 Å². The van der Waals surface area contributed by atoms with Crippen LogP contribution in [0.2, 0.25) is 0 Å². The van der Waals surface area contributed by atoms with Gasteiger partial charge < -0.3 is 14.8 Å². The van der Waals surface area contributed by atoms with Crippen molar-refractivity contribution in [3.63, 3.8) is 0 Å². The Kier molecular flexibility index (Phi) is 5.09. The number of methoxy groups -OCH3 is 1. The van der Waals surface area contributed by atoms with Gasteiger partial charge in [0.05, 0.1) is 13.2 Å². The van der Waals surface area contributed by atoms with Crippen molar-refractivity contribution in [2.24, 2.45) is 0 Å². The molecule has 0 spiro atoms. The van der Waals surface area contributed by atoms with E-state index < -0.39 is 0 Å². The Morgan fingerprint density at radius 2 is 2.19 bits per heavy atom. The molecule has 3 rings (SSSR count). The summed E-state index contributed by atoms with van der Waals surface area (Å²) < 4.78 is 11.2. The number of rotatable bonds is 7. The minimum atomic E-state index is 0.376. The third-order valence-corrected chi connectivity index (χ3v) is 5.80. The maximum absolute atomic E-state index is 5.64. The molecule has 4 heteroatoms. The van der Waals surface area contributed by atoms with Gasteiger partial charge in [-0.2, -0.15) is 11.8 Å². The number of benzene rings is 1. The van der Waals surface area contributed by atoms with Crippen LogP contribution in [0.5, 0.6) is 5.75 Å². The molecule has 1 N–H and O–H groups in total. The predicted octanol–water partition coefficient (Wildman–Crippen LogP) is 3.36. The molecular weight excluding hydrogens is 282 g/mol. The van der Waals surface area contributed by atoms with Crippen molar-refractivity contribution in [1.29, 1.82) is 0 Å². The molecule has 1 aliphatic heterocycles. The summed E-state index contributed by atoms with van der Waals surface area (Å²) in [5, 5.41) is 4.19. The average Bonchev–Trinajstić information content (AvgIpc) is 3.25. The van der Waals surface area contributed by atoms with Crippen LogP contribution in [-0.2, 0) is 17.0 Å². The Hall–Kier alpha value is -0.710. The third-order valence-electron chi connectivity index (χ3n) is 4.28. The monoisotopic (exact) mass is 307 g/mol. The first kappa shape index (κ1) is 15.2. The molecule has 2 atom stereocenters. The predicted molar refractivity (Wildman–Crippen MR) is 88.0 cm³/mol. The SMILES string of the molecule is COc1ccc(CNC2CC2)cc1CSC1CCOC1C. The molecule has 3 nitrogen and oxygen atoms in total. The Morgan fingerprint density at radius 3 is 2.86 bits per heavy atom. The summed E-state index contributed by atoms with van der Waals surface area (Å²) in [5.41, 5.74) is 2.66. The van der Waals surface area contributed by atoms with Crippen LogP contribution in [0, 0.1) is 0 Å². The number of hydrogen-bond donors (Lipinski definition) is 1. The van der Waals surface area contributed by atoms with E-state index in [-0.39, 0.29) is 0 Å². The van der Waals surface area contributed by atoms with Gasteiger partial charge in [0.2, 0.25) is 0 Å². The molecule has 1 saturated carbocycles. The van der Waals surface area contributed by atoms with E-state index >= 15 is 0 Å². The fourth-order valence-corrected chi connectivity index (χ4v) is 3.96. The summed E-state index contributed by atoms with van der Waals surface area (Å²) in [6, 6.07) is 7.32. The Labute approximate surface area is 131 Å². The maximum atomic E-state index is 5.64. The molecule has 2 unspecified atom stereocenters. The first-order valence-corrected chi connectivity index (χ1v) is 8.93. The van der Waals surface area contributed by atoms with Gasteiger partial charge >= 0.3 is 0 Å². The standard InChI is InChI=1S/C17H25NO2S/c1-12-17(7-8-20-12)21-11-14-9-13(3-6-16(14)19-2)10-18-15-4-5-15/h3,6,9,12,15,17-18H,4-5,7-8,10-11H2,1-2H3. The molecular formula is C17H25NO2S. The molecule has 116 valence electrons. The molecule has 0 aromatic heterocycles. The number of nitrogens with one attached hydrogen (secondary N) is 1. The van der Waals surface area contributed by atoms with Crippen LogP contribution in [0.4, 0.5) is 0 Å². The number of hydrogen-bond acceptors (Lipinski definition) is 4. The Morgan fingerprint density at radius 1 is 1.33 bits per heavy atom. The second-order valence-corrected chi connectivity index (χ2v) is 7.24. The van der Waals surface area contributed by atoms with Crippen molar-refractivity contribution in [2.45, 2.75) is 55.9 Å². The third kappa shape index (κ3) is 4.15. The molecule has 1 heterocycles. The van der Waals surface area contributed by atoms with E-state index in [9.17, 15) is 0 Å². The van der Waals surface area contributed by atoms with Crippen LogP contribution in [0.3, 0.4) is 0 Å². The molecule has 1 saturated heterocycles. The van der Waals surface area contributed by atoms with Gasteiger partial charge in [0.1, 0.15) is 5.75 Å². The highest BCUT2D eigenvalue weighted by molar-refractivity contribution is 7.99. The van der Waals surface area contributed by atoms with E-state index in [2.05, 4.69) is 30.4 Å². The van der Waals surface area contributed by atoms with Crippen LogP contribution in [0.15, 0.2) is 18.2 Å². The molecule has 0 radical (unpaired) electrons. The van der Waals surface area contributed by atoms with Crippen LogP contribution in [-0.4, -0.2) is 31.1 Å². The molecule has 1 aliphatic carbocycles. The van der Waals surface area contributed by atoms with E-state index in [4.69, 9.17) is 9.47 Å². The smallest absolute Gasteiger partial charge is 0.122 e. The van der Waals surface area contributed by atoms with E-state index in [0.29, 0.717) is 11.4 Å². The first-order chi connectivity index (χ1) is 10.3. The van der Waals surface area contributed by atoms with Gasteiger partial charge in [-0.15, -0.1) is 0 Å². The topological polar surface area (TPSA) is 30.5 Å². The fourth-order valence-electron chi connectivity index (χ4n) is 2.73. The largest absolute Gasteiger partial charge is 0.496 e. The normalized spacial score (nSPS) is 25.2. The Balaban J connectivity index is 1.61. The molecule has 21 heavy (non-hydrogen) atoms. The highest BCUT2D eigenvalue weighted by Gasteiger charge is 2.25. The van der Waals surface area contributed by atoms with Gasteiger partial charge in [-0.3, -0.25) is 0 Å². The zero-order chi connectivity index (χ0) is 14.7. The van der Waals surface area contributed by atoms with Crippen LogP contribution < -0.4 is 10.1 Å². The van der Waals surface area contributed by atoms with Gasteiger partial charge in [0.15, 0.2) is 0 Å². The maximum Gasteiger partial charge on any atom is 0.122 e. The fraction of sp³-hybridized carbons (Fsp3) is 0.647. The van der Waals surface area contributed by atoms with E-state index in [1.54, 1.807) is 7.11 Å². The molecule has 1 aromatic rings. The van der Waals surface area contributed by atoms with Gasteiger partial charge in [0.25, 0.3) is 0 Å². The highest BCUT2D eigenvalue weighted by atomic mass is 32.2. The zero-order valence-corrected chi connectivity index (χ0v) is 13.7. The second kappa shape index (κ2) is 7.03. The van der Waals surface area contributed by atoms with Crippen molar-refractivity contribution in [1.82, 2.24) is 5.32 Å². The number of ether oxygens (including phenoxy) is 2. The first-order valence-electron chi connectivity index (χ1n) is 7.88. The lowest BCUT2D eigenvalue weighted by Gasteiger charge is -2.16. The van der Waals surface area contributed by atoms with Gasteiger partial charge in [-0.25, -0.2) is 0 Å². The summed E-state index contributed by atoms with van der Waals surface area (Å²) in [6.07, 6.45) is 4.20. The van der Waals surface area contributed by atoms with Gasteiger partial charge in [-0.1, -0.05) is 6.07 Å². The van der Waals surface area contributed by atoms with Crippen molar-refractivity contribution in [3.05, 3.63) is 29.3 Å². The zero-order valence-electron chi connectivity index (χ0n) is 12.9. The lowest BCUT2D eigenvalue weighted by Crippen LogP contribution is -2.15. The minimum absolute atomic E-state index is 0.376. The molecule has 1 aromatic carbocycles. The second-order valence-electron chi connectivity index (χ2n) is 6.02. The van der Waals surface area contributed by atoms with Crippen LogP contribution in [0.25, 0.3) is 0 Å². The molecule has 2 aliphatic rings. The molecule has 2 fully saturated rings. The minimum Gasteiger partial charge on any atom is -0.496 e. The summed E-state index contributed by atoms with van der Waals surface area (Å²) in [6.45, 7) is 4.05. The van der Waals surface area contributed by atoms with E-state index in [0.717, 1.165) is 37.1 Å². The lowest BCUT2D eigenvalue weighted by molar-refractivity contribution is 0.127. The highest BCUT2D eigenvalue weighted by Crippen LogP contribution is 2.32. The van der Waals surface area contributed by atoms with Crippen molar-refractivity contribution >= 4 is 11.8 Å². The van der Waals surface area contributed by atoms with Crippen LogP contribution >= 0.6 is 11.8 Å². The van der Waals surface area contributed by atoms with Crippen LogP contribution in [0.1, 0.15) is 37.3 Å². The van der Waals surface area contributed by atoms with Crippen molar-refractivity contribution in [2.75, 3.05) is 13.7 Å². The van der Waals surface area contributed by atoms with E-state index in [1.807, 2.05) is 11.8 Å². The quantitative estimate of drug-likeness (QED) is 0.837. The summed E-state index contributed by atoms with van der Waals surface area (Å²) in [4.78, 5) is 0. The van der Waals surface area contributed by atoms with Gasteiger partial charge in [0, 0.05) is 35.8 Å². The Bertz CT molecular complexity index is 476. The summed E-state index contributed by atoms with van der Waals surface area (Å²) in [5.74, 6) is 2.00. The lowest BCUT2D eigenvalue weighted by atomic mass is 10.1. The van der Waals surface area contributed by atoms with Crippen molar-refractivity contribution < 1.29 is 9.47 Å². The molecule has 0 bridgehead atoms. The average molecular weight is 307 g/mol. The molecule has 0 amide bonds. The van der Waals surface area contributed by atoms with Crippen molar-refractivity contribution in [3.8, 4) is 5.75 Å².